The molecule has 2 aromatic rings. The van der Waals surface area contributed by atoms with E-state index in [0.29, 0.717) is 11.3 Å². The molecule has 0 aromatic heterocycles. The van der Waals surface area contributed by atoms with Crippen molar-refractivity contribution in [3.8, 4) is 0 Å². The Morgan fingerprint density at radius 2 is 1.86 bits per heavy atom. The molecule has 3 rings (SSSR count). The Labute approximate surface area is 169 Å². The van der Waals surface area contributed by atoms with E-state index in [2.05, 4.69) is 10.2 Å². The zero-order valence-electron chi connectivity index (χ0n) is 15.7. The molecule has 0 bridgehead atoms. The van der Waals surface area contributed by atoms with Gasteiger partial charge in [-0.1, -0.05) is 23.7 Å². The minimum atomic E-state index is -0.518. The molecule has 2 aromatic carbocycles. The number of halogens is 1. The molecule has 0 saturated carbocycles. The van der Waals surface area contributed by atoms with E-state index >= 15 is 0 Å². The quantitative estimate of drug-likeness (QED) is 0.748. The van der Waals surface area contributed by atoms with Gasteiger partial charge in [-0.3, -0.25) is 9.69 Å². The summed E-state index contributed by atoms with van der Waals surface area (Å²) < 4.78 is 10.3. The molecule has 1 aliphatic rings. The minimum Gasteiger partial charge on any atom is -0.462 e. The van der Waals surface area contributed by atoms with Crippen LogP contribution in [0, 0.1) is 0 Å². The van der Waals surface area contributed by atoms with E-state index in [4.69, 9.17) is 21.1 Å². The average Bonchev–Trinajstić information content (AvgIpc) is 2.71. The lowest BCUT2D eigenvalue weighted by atomic mass is 10.1. The molecule has 0 aliphatic carbocycles. The molecule has 1 saturated heterocycles. The van der Waals surface area contributed by atoms with Gasteiger partial charge < -0.3 is 14.8 Å². The largest absolute Gasteiger partial charge is 0.462 e. The fraction of sp³-hybridized carbons (Fsp3) is 0.333. The van der Waals surface area contributed by atoms with E-state index in [-0.39, 0.29) is 23.1 Å². The number of amides is 1. The number of anilines is 1. The summed E-state index contributed by atoms with van der Waals surface area (Å²) in [5.74, 6) is -0.772. The second-order valence-corrected chi connectivity index (χ2v) is 6.86. The van der Waals surface area contributed by atoms with Crippen LogP contribution in [0.3, 0.4) is 0 Å². The van der Waals surface area contributed by atoms with Gasteiger partial charge in [0.2, 0.25) is 0 Å². The predicted octanol–water partition coefficient (Wildman–Crippen LogP) is 3.60. The van der Waals surface area contributed by atoms with E-state index < -0.39 is 5.97 Å². The lowest BCUT2D eigenvalue weighted by Crippen LogP contribution is -2.35. The van der Waals surface area contributed by atoms with Gasteiger partial charge in [-0.25, -0.2) is 4.79 Å². The highest BCUT2D eigenvalue weighted by atomic mass is 35.5. The number of esters is 1. The molecule has 0 spiro atoms. The number of ether oxygens (including phenoxy) is 2. The van der Waals surface area contributed by atoms with Crippen LogP contribution in [0.4, 0.5) is 5.69 Å². The first-order chi connectivity index (χ1) is 13.6. The summed E-state index contributed by atoms with van der Waals surface area (Å²) in [5, 5.41) is 3.07. The fourth-order valence-corrected chi connectivity index (χ4v) is 3.15. The van der Waals surface area contributed by atoms with Gasteiger partial charge in [-0.05, 0) is 42.8 Å². The minimum absolute atomic E-state index is 0.224. The molecular formula is C21H23ClN2O4. The zero-order chi connectivity index (χ0) is 19.9. The highest BCUT2D eigenvalue weighted by molar-refractivity contribution is 6.33. The van der Waals surface area contributed by atoms with Crippen molar-refractivity contribution in [2.24, 2.45) is 0 Å². The van der Waals surface area contributed by atoms with Gasteiger partial charge in [0.25, 0.3) is 5.91 Å². The maximum Gasteiger partial charge on any atom is 0.339 e. The number of hydrogen-bond donors (Lipinski definition) is 1. The first-order valence-electron chi connectivity index (χ1n) is 9.24. The third kappa shape index (κ3) is 5.32. The van der Waals surface area contributed by atoms with Crippen LogP contribution in [0.25, 0.3) is 0 Å². The van der Waals surface area contributed by atoms with E-state index in [9.17, 15) is 9.59 Å². The molecule has 1 aliphatic heterocycles. The van der Waals surface area contributed by atoms with Gasteiger partial charge in [-0.2, -0.15) is 0 Å². The maximum atomic E-state index is 12.5. The van der Waals surface area contributed by atoms with Crippen molar-refractivity contribution >= 4 is 29.2 Å². The molecular weight excluding hydrogens is 380 g/mol. The summed E-state index contributed by atoms with van der Waals surface area (Å²) >= 11 is 6.05. The first kappa shape index (κ1) is 20.3. The van der Waals surface area contributed by atoms with Crippen LogP contribution < -0.4 is 5.32 Å². The topological polar surface area (TPSA) is 67.9 Å². The number of benzene rings is 2. The Morgan fingerprint density at radius 3 is 2.54 bits per heavy atom. The summed E-state index contributed by atoms with van der Waals surface area (Å²) in [6, 6.07) is 12.2. The smallest absolute Gasteiger partial charge is 0.339 e. The molecule has 1 fully saturated rings. The van der Waals surface area contributed by atoms with Crippen molar-refractivity contribution in [2.75, 3.05) is 38.2 Å². The Kier molecular flexibility index (Phi) is 7.03. The first-order valence-corrected chi connectivity index (χ1v) is 9.61. The predicted molar refractivity (Wildman–Crippen MR) is 108 cm³/mol. The van der Waals surface area contributed by atoms with Gasteiger partial charge in [0.05, 0.1) is 30.4 Å². The van der Waals surface area contributed by atoms with Gasteiger partial charge in [0.1, 0.15) is 0 Å². The molecule has 28 heavy (non-hydrogen) atoms. The Balaban J connectivity index is 1.64. The second-order valence-electron chi connectivity index (χ2n) is 6.45. The van der Waals surface area contributed by atoms with Crippen molar-refractivity contribution in [2.45, 2.75) is 13.5 Å². The van der Waals surface area contributed by atoms with Crippen molar-refractivity contribution < 1.29 is 19.1 Å². The molecule has 1 heterocycles. The number of nitrogens with zero attached hydrogens (tertiary/aromatic N) is 1. The van der Waals surface area contributed by atoms with Crippen molar-refractivity contribution in [1.82, 2.24) is 4.90 Å². The summed E-state index contributed by atoms with van der Waals surface area (Å²) in [6.45, 7) is 6.17. The van der Waals surface area contributed by atoms with Crippen LogP contribution in [0.5, 0.6) is 0 Å². The Hall–Kier alpha value is -2.41. The van der Waals surface area contributed by atoms with Crippen LogP contribution in [0.1, 0.15) is 33.2 Å². The summed E-state index contributed by atoms with van der Waals surface area (Å²) in [5.41, 5.74) is 2.39. The van der Waals surface area contributed by atoms with Gasteiger partial charge >= 0.3 is 5.97 Å². The van der Waals surface area contributed by atoms with E-state index in [1.54, 1.807) is 31.2 Å². The number of morpholine rings is 1. The second kappa shape index (κ2) is 9.68. The standard InChI is InChI=1S/C21H23ClN2O4/c1-2-28-21(26)18-13-17(7-8-19(18)22)23-20(25)16-5-3-15(4-6-16)14-24-9-11-27-12-10-24/h3-8,13H,2,9-12,14H2,1H3,(H,23,25). The maximum absolute atomic E-state index is 12.5. The highest BCUT2D eigenvalue weighted by Crippen LogP contribution is 2.22. The molecule has 148 valence electrons. The third-order valence-electron chi connectivity index (χ3n) is 4.45. The van der Waals surface area contributed by atoms with Crippen LogP contribution in [0.15, 0.2) is 42.5 Å². The number of rotatable bonds is 6. The zero-order valence-corrected chi connectivity index (χ0v) is 16.5. The van der Waals surface area contributed by atoms with Gasteiger partial charge in [0, 0.05) is 30.9 Å². The number of nitrogens with one attached hydrogen (secondary N) is 1. The Morgan fingerprint density at radius 1 is 1.14 bits per heavy atom. The molecule has 1 amide bonds. The number of hydrogen-bond acceptors (Lipinski definition) is 5. The number of carbonyl (C=O) groups excluding carboxylic acids is 2. The van der Waals surface area contributed by atoms with Crippen molar-refractivity contribution in [3.05, 3.63) is 64.2 Å². The number of carbonyl (C=O) groups is 2. The fourth-order valence-electron chi connectivity index (χ4n) is 2.95. The van der Waals surface area contributed by atoms with Crippen LogP contribution in [-0.2, 0) is 16.0 Å². The van der Waals surface area contributed by atoms with Gasteiger partial charge in [-0.15, -0.1) is 0 Å². The van der Waals surface area contributed by atoms with Crippen LogP contribution in [0.2, 0.25) is 5.02 Å². The Bertz CT molecular complexity index is 833. The summed E-state index contributed by atoms with van der Waals surface area (Å²) in [6.07, 6.45) is 0. The normalized spacial score (nSPS) is 14.5. The summed E-state index contributed by atoms with van der Waals surface area (Å²) in [4.78, 5) is 26.8. The molecule has 0 unspecified atom stereocenters. The molecule has 7 heteroatoms. The van der Waals surface area contributed by atoms with Crippen molar-refractivity contribution in [3.63, 3.8) is 0 Å². The third-order valence-corrected chi connectivity index (χ3v) is 4.78. The van der Waals surface area contributed by atoms with Crippen molar-refractivity contribution in [1.29, 1.82) is 0 Å². The molecule has 6 nitrogen and oxygen atoms in total. The van der Waals surface area contributed by atoms with E-state index in [1.807, 2.05) is 12.1 Å². The van der Waals surface area contributed by atoms with Gasteiger partial charge in [0.15, 0.2) is 0 Å². The SMILES string of the molecule is CCOC(=O)c1cc(NC(=O)c2ccc(CN3CCOCC3)cc2)ccc1Cl. The van der Waals surface area contributed by atoms with E-state index in [0.717, 1.165) is 38.4 Å². The average molecular weight is 403 g/mol. The monoisotopic (exact) mass is 402 g/mol. The summed E-state index contributed by atoms with van der Waals surface area (Å²) in [7, 11) is 0. The molecule has 0 radical (unpaired) electrons. The molecule has 0 atom stereocenters. The molecule has 1 N–H and O–H groups in total. The van der Waals surface area contributed by atoms with Crippen LogP contribution in [-0.4, -0.2) is 49.7 Å². The highest BCUT2D eigenvalue weighted by Gasteiger charge is 2.14. The lowest BCUT2D eigenvalue weighted by molar-refractivity contribution is 0.0342. The van der Waals surface area contributed by atoms with Crippen LogP contribution >= 0.6 is 11.6 Å². The lowest BCUT2D eigenvalue weighted by Gasteiger charge is -2.26. The van der Waals surface area contributed by atoms with E-state index in [1.165, 1.54) is 6.07 Å².